The fourth-order valence-electron chi connectivity index (χ4n) is 1.18. The monoisotopic (exact) mass is 161 g/mol. The zero-order chi connectivity index (χ0) is 8.81. The molecule has 0 saturated heterocycles. The fourth-order valence-corrected chi connectivity index (χ4v) is 1.18. The van der Waals surface area contributed by atoms with Crippen LogP contribution in [-0.2, 0) is 12.8 Å². The third-order valence-corrected chi connectivity index (χ3v) is 1.77. The normalized spacial score (nSPS) is 9.33. The van der Waals surface area contributed by atoms with Crippen molar-refractivity contribution in [2.24, 2.45) is 0 Å². The summed E-state index contributed by atoms with van der Waals surface area (Å²) >= 11 is 0. The minimum absolute atomic E-state index is 0.141. The number of nitrogens with zero attached hydrogens (tertiary/aromatic N) is 1. The van der Waals surface area contributed by atoms with E-state index < -0.39 is 0 Å². The topological polar surface area (TPSA) is 44.0 Å². The van der Waals surface area contributed by atoms with E-state index >= 15 is 0 Å². The minimum Gasteiger partial charge on any atom is -0.396 e. The Morgan fingerprint density at radius 1 is 1.25 bits per heavy atom. The van der Waals surface area contributed by atoms with Gasteiger partial charge in [0.05, 0.1) is 12.5 Å². The molecule has 1 N–H and O–H groups in total. The fraction of sp³-hybridized carbons (Fsp3) is 0.300. The summed E-state index contributed by atoms with van der Waals surface area (Å²) in [4.78, 5) is 0. The van der Waals surface area contributed by atoms with Gasteiger partial charge in [-0.1, -0.05) is 24.3 Å². The number of aliphatic hydroxyl groups is 1. The van der Waals surface area contributed by atoms with Crippen molar-refractivity contribution in [1.29, 1.82) is 5.26 Å². The Balaban J connectivity index is 2.85. The molecule has 2 nitrogen and oxygen atoms in total. The molecule has 1 aromatic carbocycles. The number of benzene rings is 1. The van der Waals surface area contributed by atoms with Crippen LogP contribution in [0.15, 0.2) is 24.3 Å². The first kappa shape index (κ1) is 8.76. The van der Waals surface area contributed by atoms with Crippen molar-refractivity contribution in [3.8, 4) is 6.07 Å². The lowest BCUT2D eigenvalue weighted by Crippen LogP contribution is -1.96. The van der Waals surface area contributed by atoms with Gasteiger partial charge in [0.1, 0.15) is 0 Å². The number of nitriles is 1. The molecular weight excluding hydrogens is 150 g/mol. The molecule has 62 valence electrons. The summed E-state index contributed by atoms with van der Waals surface area (Å²) in [5, 5.41) is 17.2. The summed E-state index contributed by atoms with van der Waals surface area (Å²) < 4.78 is 0. The van der Waals surface area contributed by atoms with Crippen molar-refractivity contribution < 1.29 is 5.11 Å². The first-order valence-corrected chi connectivity index (χ1v) is 3.93. The van der Waals surface area contributed by atoms with Gasteiger partial charge in [0.2, 0.25) is 0 Å². The van der Waals surface area contributed by atoms with Gasteiger partial charge in [-0.05, 0) is 17.5 Å². The van der Waals surface area contributed by atoms with Crippen molar-refractivity contribution in [2.45, 2.75) is 12.8 Å². The maximum Gasteiger partial charge on any atom is 0.0669 e. The van der Waals surface area contributed by atoms with E-state index in [2.05, 4.69) is 6.07 Å². The molecule has 12 heavy (non-hydrogen) atoms. The molecule has 0 amide bonds. The van der Waals surface area contributed by atoms with Crippen molar-refractivity contribution in [1.82, 2.24) is 0 Å². The zero-order valence-electron chi connectivity index (χ0n) is 6.83. The second-order valence-corrected chi connectivity index (χ2v) is 2.58. The second-order valence-electron chi connectivity index (χ2n) is 2.58. The van der Waals surface area contributed by atoms with Crippen LogP contribution in [0, 0.1) is 11.3 Å². The molecule has 0 aliphatic rings. The van der Waals surface area contributed by atoms with E-state index in [9.17, 15) is 0 Å². The Morgan fingerprint density at radius 3 is 2.50 bits per heavy atom. The van der Waals surface area contributed by atoms with Gasteiger partial charge in [-0.2, -0.15) is 5.26 Å². The molecule has 0 aliphatic heterocycles. The van der Waals surface area contributed by atoms with Gasteiger partial charge in [-0.25, -0.2) is 0 Å². The van der Waals surface area contributed by atoms with Crippen molar-refractivity contribution >= 4 is 0 Å². The molecule has 0 heterocycles. The Bertz CT molecular complexity index is 288. The molecule has 0 fully saturated rings. The highest BCUT2D eigenvalue weighted by Crippen LogP contribution is 2.09. The van der Waals surface area contributed by atoms with E-state index in [-0.39, 0.29) is 6.61 Å². The third kappa shape index (κ3) is 2.08. The Hall–Kier alpha value is -1.33. The maximum atomic E-state index is 8.73. The zero-order valence-corrected chi connectivity index (χ0v) is 6.83. The first-order valence-electron chi connectivity index (χ1n) is 3.93. The molecule has 2 heteroatoms. The van der Waals surface area contributed by atoms with Gasteiger partial charge in [0.25, 0.3) is 0 Å². The molecule has 1 aromatic rings. The van der Waals surface area contributed by atoms with Gasteiger partial charge < -0.3 is 5.11 Å². The number of hydrogen-bond donors (Lipinski definition) is 1. The minimum atomic E-state index is 0.141. The lowest BCUT2D eigenvalue weighted by atomic mass is 10.0. The van der Waals surface area contributed by atoms with Crippen molar-refractivity contribution in [3.63, 3.8) is 0 Å². The standard InChI is InChI=1S/C10H11NO/c11-7-5-9-3-1-2-4-10(9)6-8-12/h1-4,12H,5-6,8H2. The van der Waals surface area contributed by atoms with E-state index in [0.29, 0.717) is 12.8 Å². The predicted octanol–water partition coefficient (Wildman–Crippen LogP) is 1.29. The summed E-state index contributed by atoms with van der Waals surface area (Å²) in [6.45, 7) is 0.141. The molecule has 0 aromatic heterocycles. The molecule has 0 atom stereocenters. The molecule has 0 unspecified atom stereocenters. The number of aliphatic hydroxyl groups excluding tert-OH is 1. The summed E-state index contributed by atoms with van der Waals surface area (Å²) in [6.07, 6.45) is 1.06. The van der Waals surface area contributed by atoms with Gasteiger partial charge in [-0.15, -0.1) is 0 Å². The molecule has 0 saturated carbocycles. The van der Waals surface area contributed by atoms with Crippen molar-refractivity contribution in [2.75, 3.05) is 6.61 Å². The van der Waals surface area contributed by atoms with Crippen LogP contribution in [0.25, 0.3) is 0 Å². The summed E-state index contributed by atoms with van der Waals surface area (Å²) in [6, 6.07) is 9.81. The van der Waals surface area contributed by atoms with Crippen LogP contribution >= 0.6 is 0 Å². The highest BCUT2D eigenvalue weighted by atomic mass is 16.2. The molecule has 0 bridgehead atoms. The van der Waals surface area contributed by atoms with Crippen LogP contribution < -0.4 is 0 Å². The van der Waals surface area contributed by atoms with Crippen LogP contribution in [0.3, 0.4) is 0 Å². The van der Waals surface area contributed by atoms with E-state index in [4.69, 9.17) is 10.4 Å². The van der Waals surface area contributed by atoms with E-state index in [1.54, 1.807) is 0 Å². The van der Waals surface area contributed by atoms with Gasteiger partial charge in [0.15, 0.2) is 0 Å². The molecule has 0 aliphatic carbocycles. The largest absolute Gasteiger partial charge is 0.396 e. The lowest BCUT2D eigenvalue weighted by molar-refractivity contribution is 0.299. The highest BCUT2D eigenvalue weighted by Gasteiger charge is 1.98. The number of hydrogen-bond acceptors (Lipinski definition) is 2. The van der Waals surface area contributed by atoms with Crippen molar-refractivity contribution in [3.05, 3.63) is 35.4 Å². The average Bonchev–Trinajstić information content (AvgIpc) is 2.09. The summed E-state index contributed by atoms with van der Waals surface area (Å²) in [7, 11) is 0. The van der Waals surface area contributed by atoms with E-state index in [1.165, 1.54) is 0 Å². The molecular formula is C10H11NO. The average molecular weight is 161 g/mol. The van der Waals surface area contributed by atoms with Gasteiger partial charge in [-0.3, -0.25) is 0 Å². The Kier molecular flexibility index (Phi) is 3.31. The first-order chi connectivity index (χ1) is 5.88. The SMILES string of the molecule is N#CCc1ccccc1CCO. The smallest absolute Gasteiger partial charge is 0.0669 e. The Morgan fingerprint density at radius 2 is 1.92 bits per heavy atom. The van der Waals surface area contributed by atoms with E-state index in [1.807, 2.05) is 24.3 Å². The van der Waals surface area contributed by atoms with Gasteiger partial charge in [0, 0.05) is 6.61 Å². The Labute approximate surface area is 72.1 Å². The predicted molar refractivity (Wildman–Crippen MR) is 46.5 cm³/mol. The lowest BCUT2D eigenvalue weighted by Gasteiger charge is -2.03. The molecule has 1 rings (SSSR count). The highest BCUT2D eigenvalue weighted by molar-refractivity contribution is 5.29. The quantitative estimate of drug-likeness (QED) is 0.725. The number of rotatable bonds is 3. The molecule has 0 radical (unpaired) electrons. The van der Waals surface area contributed by atoms with Crippen LogP contribution in [0.2, 0.25) is 0 Å². The summed E-state index contributed by atoms with van der Waals surface area (Å²) in [5.74, 6) is 0. The van der Waals surface area contributed by atoms with Crippen LogP contribution in [0.4, 0.5) is 0 Å². The molecule has 0 spiro atoms. The van der Waals surface area contributed by atoms with E-state index in [0.717, 1.165) is 11.1 Å². The maximum absolute atomic E-state index is 8.73. The summed E-state index contributed by atoms with van der Waals surface area (Å²) in [5.41, 5.74) is 2.09. The van der Waals surface area contributed by atoms with Crippen LogP contribution in [-0.4, -0.2) is 11.7 Å². The van der Waals surface area contributed by atoms with Gasteiger partial charge >= 0.3 is 0 Å². The second kappa shape index (κ2) is 4.53. The third-order valence-electron chi connectivity index (χ3n) is 1.77. The van der Waals surface area contributed by atoms with Crippen LogP contribution in [0.1, 0.15) is 11.1 Å². The van der Waals surface area contributed by atoms with Crippen LogP contribution in [0.5, 0.6) is 0 Å².